The van der Waals surface area contributed by atoms with Crippen molar-refractivity contribution in [2.24, 2.45) is 0 Å². The third kappa shape index (κ3) is 46.7. The number of nitrogens with one attached hydrogen (secondary N) is 1. The minimum atomic E-state index is -1.63. The second-order valence-corrected chi connectivity index (χ2v) is 23.6. The van der Waals surface area contributed by atoms with Crippen LogP contribution in [-0.2, 0) is 23.8 Å². The fourth-order valence-corrected chi connectivity index (χ4v) is 10.5. The highest BCUT2D eigenvalue weighted by atomic mass is 16.7. The van der Waals surface area contributed by atoms with Gasteiger partial charge in [-0.3, -0.25) is 9.59 Å². The summed E-state index contributed by atoms with van der Waals surface area (Å²) in [5.41, 5.74) is 0. The third-order valence-electron chi connectivity index (χ3n) is 15.9. The summed E-state index contributed by atoms with van der Waals surface area (Å²) in [5, 5.41) is 57.2. The van der Waals surface area contributed by atoms with Crippen molar-refractivity contribution in [2.45, 2.75) is 346 Å². The molecule has 0 aromatic rings. The summed E-state index contributed by atoms with van der Waals surface area (Å²) in [5.74, 6) is -1.21. The van der Waals surface area contributed by atoms with Gasteiger partial charge in [0.25, 0.3) is 0 Å². The summed E-state index contributed by atoms with van der Waals surface area (Å²) in [4.78, 5) is 26.6. The molecule has 1 aliphatic rings. The molecule has 11 nitrogen and oxygen atoms in total. The average molecular weight is 1170 g/mol. The first kappa shape index (κ1) is 77.9. The Morgan fingerprint density at radius 3 is 1.42 bits per heavy atom. The second-order valence-electron chi connectivity index (χ2n) is 23.6. The molecule has 11 heteroatoms. The maximum Gasteiger partial charge on any atom is 0.306 e. The molecule has 8 atom stereocenters. The highest BCUT2D eigenvalue weighted by Gasteiger charge is 2.47. The number of aliphatic hydroxyl groups is 5. The largest absolute Gasteiger partial charge is 0.454 e. The maximum atomic E-state index is 13.5. The lowest BCUT2D eigenvalue weighted by Crippen LogP contribution is -2.61. The van der Waals surface area contributed by atoms with E-state index < -0.39 is 67.4 Å². The molecule has 0 aromatic carbocycles. The van der Waals surface area contributed by atoms with Gasteiger partial charge in [-0.25, -0.2) is 0 Å². The van der Waals surface area contributed by atoms with E-state index in [0.29, 0.717) is 12.8 Å². The number of esters is 1. The van der Waals surface area contributed by atoms with Crippen molar-refractivity contribution in [3.8, 4) is 0 Å². The number of unbranched alkanes of at least 4 members (excludes halogenated alkanes) is 35. The number of amides is 1. The summed E-state index contributed by atoms with van der Waals surface area (Å²) >= 11 is 0. The van der Waals surface area contributed by atoms with Gasteiger partial charge in [0.2, 0.25) is 5.91 Å². The van der Waals surface area contributed by atoms with Gasteiger partial charge in [-0.2, -0.15) is 0 Å². The molecule has 1 amide bonds. The van der Waals surface area contributed by atoms with Crippen LogP contribution in [0.5, 0.6) is 0 Å². The van der Waals surface area contributed by atoms with Gasteiger partial charge < -0.3 is 45.1 Å². The Labute approximate surface area is 508 Å². The van der Waals surface area contributed by atoms with Crippen LogP contribution in [0.3, 0.4) is 0 Å². The summed E-state index contributed by atoms with van der Waals surface area (Å²) < 4.78 is 17.6. The molecule has 83 heavy (non-hydrogen) atoms. The van der Waals surface area contributed by atoms with E-state index in [1.54, 1.807) is 6.08 Å². The normalized spacial score (nSPS) is 19.1. The first-order valence-corrected chi connectivity index (χ1v) is 34.4. The molecule has 1 saturated heterocycles. The lowest BCUT2D eigenvalue weighted by molar-refractivity contribution is -0.305. The number of aliphatic hydroxyl groups excluding tert-OH is 5. The smallest absolute Gasteiger partial charge is 0.306 e. The number of rotatable bonds is 58. The predicted molar refractivity (Wildman–Crippen MR) is 347 cm³/mol. The summed E-state index contributed by atoms with van der Waals surface area (Å²) in [6.45, 7) is 5.64. The van der Waals surface area contributed by atoms with Crippen molar-refractivity contribution in [1.29, 1.82) is 0 Å². The third-order valence-corrected chi connectivity index (χ3v) is 15.9. The van der Waals surface area contributed by atoms with Crippen molar-refractivity contribution in [1.82, 2.24) is 5.32 Å². The maximum absolute atomic E-state index is 13.5. The SMILES string of the molecule is CC/C=C/C=C/C=C/C=C\CCCCCCCC(=O)OC1C(OCC(NC(=O)C(O)CCCCCCCCCCCCCCCCCC/C=C\C/C=C\CCCCC)C(O)/C=C/CCCCCCCCCCCCC)OC(CO)C(O)C1O. The van der Waals surface area contributed by atoms with Crippen molar-refractivity contribution >= 4 is 11.9 Å². The molecule has 0 radical (unpaired) electrons. The van der Waals surface area contributed by atoms with E-state index in [-0.39, 0.29) is 19.4 Å². The van der Waals surface area contributed by atoms with E-state index >= 15 is 0 Å². The number of carbonyl (C=O) groups is 2. The van der Waals surface area contributed by atoms with Gasteiger partial charge in [0.15, 0.2) is 12.4 Å². The molecular weight excluding hydrogens is 1040 g/mol. The minimum absolute atomic E-state index is 0.0953. The topological polar surface area (TPSA) is 175 Å². The van der Waals surface area contributed by atoms with Gasteiger partial charge in [-0.15, -0.1) is 0 Å². The van der Waals surface area contributed by atoms with Crippen LogP contribution in [0.2, 0.25) is 0 Å². The molecule has 480 valence electrons. The van der Waals surface area contributed by atoms with Crippen LogP contribution in [-0.4, -0.2) is 99.6 Å². The number of hydrogen-bond acceptors (Lipinski definition) is 10. The molecule has 6 N–H and O–H groups in total. The Morgan fingerprint density at radius 1 is 0.494 bits per heavy atom. The fraction of sp³-hybridized carbons (Fsp3) is 0.778. The zero-order chi connectivity index (χ0) is 60.3. The zero-order valence-corrected chi connectivity index (χ0v) is 53.3. The van der Waals surface area contributed by atoms with Crippen molar-refractivity contribution in [3.63, 3.8) is 0 Å². The Kier molecular flexibility index (Phi) is 55.5. The van der Waals surface area contributed by atoms with Gasteiger partial charge >= 0.3 is 5.97 Å². The Balaban J connectivity index is 2.58. The molecule has 1 aliphatic heterocycles. The van der Waals surface area contributed by atoms with Crippen LogP contribution in [0.1, 0.15) is 297 Å². The van der Waals surface area contributed by atoms with E-state index in [9.17, 15) is 35.1 Å². The van der Waals surface area contributed by atoms with E-state index in [2.05, 4.69) is 68.6 Å². The van der Waals surface area contributed by atoms with Crippen LogP contribution in [0.4, 0.5) is 0 Å². The van der Waals surface area contributed by atoms with Crippen molar-refractivity contribution in [2.75, 3.05) is 13.2 Å². The Hall–Kier alpha value is -3.16. The summed E-state index contributed by atoms with van der Waals surface area (Å²) in [6, 6.07) is -1.03. The van der Waals surface area contributed by atoms with Gasteiger partial charge in [-0.1, -0.05) is 298 Å². The quantitative estimate of drug-likeness (QED) is 0.0149. The highest BCUT2D eigenvalue weighted by molar-refractivity contribution is 5.80. The Bertz CT molecular complexity index is 1670. The molecule has 0 saturated carbocycles. The first-order valence-electron chi connectivity index (χ1n) is 34.4. The number of carbonyl (C=O) groups excluding carboxylic acids is 2. The van der Waals surface area contributed by atoms with Crippen LogP contribution in [0.15, 0.2) is 85.1 Å². The fourth-order valence-electron chi connectivity index (χ4n) is 10.5. The molecule has 0 spiro atoms. The molecule has 0 aromatic heterocycles. The van der Waals surface area contributed by atoms with Crippen LogP contribution in [0.25, 0.3) is 0 Å². The second kappa shape index (κ2) is 59.2. The molecule has 1 fully saturated rings. The predicted octanol–water partition coefficient (Wildman–Crippen LogP) is 17.3. The van der Waals surface area contributed by atoms with E-state index in [1.807, 2.05) is 36.5 Å². The molecule has 8 unspecified atom stereocenters. The zero-order valence-electron chi connectivity index (χ0n) is 53.3. The van der Waals surface area contributed by atoms with Crippen molar-refractivity contribution < 1.29 is 49.3 Å². The summed E-state index contributed by atoms with van der Waals surface area (Å²) in [6.07, 6.45) is 67.7. The van der Waals surface area contributed by atoms with Crippen LogP contribution < -0.4 is 5.32 Å². The summed E-state index contributed by atoms with van der Waals surface area (Å²) in [7, 11) is 0. The van der Waals surface area contributed by atoms with E-state index in [1.165, 1.54) is 167 Å². The monoisotopic (exact) mass is 1170 g/mol. The van der Waals surface area contributed by atoms with Gasteiger partial charge in [0, 0.05) is 6.42 Å². The standard InChI is InChI=1S/C72H127NO10/c1-4-7-10-13-16-19-22-25-27-28-29-30-31-32-33-34-35-36-37-39-41-44-47-50-53-56-59-65(76)71(80)73-63(64(75)58-55-52-49-46-43-40-24-21-18-15-12-9-6-3)62-81-72-70(69(79)68(78)66(61-74)82-72)83-67(77)60-57-54-51-48-45-42-38-26-23-20-17-14-11-8-5-2/h8,11,14,16-17,19-20,23,25-27,38,55,58,63-66,68-70,72,74-76,78-79H,4-7,9-10,12-13,15,18,21-22,24,28-37,39-54,56-57,59-62H2,1-3H3,(H,73,80)/b11-8+,17-14+,19-16-,23-20+,27-25-,38-26-,58-55+. The average Bonchev–Trinajstić information content (AvgIpc) is 3.54. The Morgan fingerprint density at radius 2 is 0.916 bits per heavy atom. The molecular formula is C72H127NO10. The molecule has 0 bridgehead atoms. The van der Waals surface area contributed by atoms with Gasteiger partial charge in [0.05, 0.1) is 25.4 Å². The lowest BCUT2D eigenvalue weighted by Gasteiger charge is -2.41. The van der Waals surface area contributed by atoms with Gasteiger partial charge in [-0.05, 0) is 77.0 Å². The number of hydrogen-bond donors (Lipinski definition) is 6. The minimum Gasteiger partial charge on any atom is -0.454 e. The van der Waals surface area contributed by atoms with Crippen molar-refractivity contribution in [3.05, 3.63) is 85.1 Å². The van der Waals surface area contributed by atoms with Crippen LogP contribution >= 0.6 is 0 Å². The molecule has 1 heterocycles. The van der Waals surface area contributed by atoms with Gasteiger partial charge in [0.1, 0.15) is 24.4 Å². The van der Waals surface area contributed by atoms with Crippen LogP contribution in [0, 0.1) is 0 Å². The number of ether oxygens (including phenoxy) is 3. The first-order chi connectivity index (χ1) is 40.7. The number of allylic oxidation sites excluding steroid dienone is 13. The van der Waals surface area contributed by atoms with E-state index in [0.717, 1.165) is 83.5 Å². The van der Waals surface area contributed by atoms with E-state index in [4.69, 9.17) is 14.2 Å². The lowest BCUT2D eigenvalue weighted by atomic mass is 9.99. The molecule has 0 aliphatic carbocycles. The highest BCUT2D eigenvalue weighted by Crippen LogP contribution is 2.26. The molecule has 1 rings (SSSR count).